The Morgan fingerprint density at radius 2 is 1.83 bits per heavy atom. The third-order valence-electron chi connectivity index (χ3n) is 4.15. The van der Waals surface area contributed by atoms with Crippen LogP contribution >= 0.6 is 0 Å². The van der Waals surface area contributed by atoms with E-state index in [1.165, 1.54) is 24.9 Å². The molecule has 0 aliphatic carbocycles. The van der Waals surface area contributed by atoms with Crippen LogP contribution in [0, 0.1) is 0 Å². The quantitative estimate of drug-likeness (QED) is 0.721. The molecule has 2 N–H and O–H groups in total. The lowest BCUT2D eigenvalue weighted by Crippen LogP contribution is -2.32. The standard InChI is InChI=1S/C18H30N4O/c1-21(2)12-6-11-19-18(23)15-20-16-7-9-17(10-8-16)22-13-4-3-5-14-22/h7-10,20H,3-6,11-15H2,1-2H3,(H,19,23). The first-order valence-electron chi connectivity index (χ1n) is 8.65. The van der Waals surface area contributed by atoms with E-state index in [0.717, 1.165) is 38.3 Å². The highest BCUT2D eigenvalue weighted by Crippen LogP contribution is 2.21. The molecule has 0 bridgehead atoms. The highest BCUT2D eigenvalue weighted by molar-refractivity contribution is 5.80. The fourth-order valence-corrected chi connectivity index (χ4v) is 2.81. The van der Waals surface area contributed by atoms with Crippen molar-refractivity contribution < 1.29 is 4.79 Å². The second kappa shape index (κ2) is 9.40. The molecular formula is C18H30N4O. The molecule has 1 saturated heterocycles. The van der Waals surface area contributed by atoms with Crippen LogP contribution in [0.4, 0.5) is 11.4 Å². The van der Waals surface area contributed by atoms with E-state index in [0.29, 0.717) is 6.54 Å². The minimum Gasteiger partial charge on any atom is -0.376 e. The minimum absolute atomic E-state index is 0.0452. The SMILES string of the molecule is CN(C)CCCNC(=O)CNc1ccc(N2CCCCC2)cc1. The molecule has 1 heterocycles. The van der Waals surface area contributed by atoms with Crippen molar-refractivity contribution in [1.29, 1.82) is 0 Å². The number of nitrogens with one attached hydrogen (secondary N) is 2. The Hall–Kier alpha value is -1.75. The molecule has 0 unspecified atom stereocenters. The van der Waals surface area contributed by atoms with E-state index in [2.05, 4.69) is 44.7 Å². The lowest BCUT2D eigenvalue weighted by molar-refractivity contribution is -0.119. The Morgan fingerprint density at radius 3 is 2.48 bits per heavy atom. The molecular weight excluding hydrogens is 288 g/mol. The summed E-state index contributed by atoms with van der Waals surface area (Å²) in [5.74, 6) is 0.0452. The van der Waals surface area contributed by atoms with E-state index in [-0.39, 0.29) is 5.91 Å². The van der Waals surface area contributed by atoms with Gasteiger partial charge in [-0.15, -0.1) is 0 Å². The average molecular weight is 318 g/mol. The molecule has 1 fully saturated rings. The summed E-state index contributed by atoms with van der Waals surface area (Å²) in [6, 6.07) is 8.40. The van der Waals surface area contributed by atoms with Gasteiger partial charge in [0, 0.05) is 31.0 Å². The number of piperidine rings is 1. The molecule has 0 atom stereocenters. The average Bonchev–Trinajstić information content (AvgIpc) is 2.58. The first-order valence-corrected chi connectivity index (χ1v) is 8.65. The van der Waals surface area contributed by atoms with E-state index >= 15 is 0 Å². The van der Waals surface area contributed by atoms with Crippen molar-refractivity contribution in [2.45, 2.75) is 25.7 Å². The largest absolute Gasteiger partial charge is 0.376 e. The van der Waals surface area contributed by atoms with E-state index in [9.17, 15) is 4.79 Å². The molecule has 1 aliphatic rings. The normalized spacial score (nSPS) is 14.8. The van der Waals surface area contributed by atoms with Crippen molar-refractivity contribution in [3.63, 3.8) is 0 Å². The third-order valence-corrected chi connectivity index (χ3v) is 4.15. The summed E-state index contributed by atoms with van der Waals surface area (Å²) in [6.45, 7) is 4.35. The maximum absolute atomic E-state index is 11.8. The number of hydrogen-bond donors (Lipinski definition) is 2. The Morgan fingerprint density at radius 1 is 1.13 bits per heavy atom. The first kappa shape index (κ1) is 17.6. The van der Waals surface area contributed by atoms with E-state index in [4.69, 9.17) is 0 Å². The predicted octanol–water partition coefficient (Wildman–Crippen LogP) is 2.16. The van der Waals surface area contributed by atoms with Crippen LogP contribution in [0.3, 0.4) is 0 Å². The van der Waals surface area contributed by atoms with Gasteiger partial charge in [0.25, 0.3) is 0 Å². The van der Waals surface area contributed by atoms with Crippen LogP contribution in [0.5, 0.6) is 0 Å². The monoisotopic (exact) mass is 318 g/mol. The van der Waals surface area contributed by atoms with Gasteiger partial charge in [-0.2, -0.15) is 0 Å². The second-order valence-corrected chi connectivity index (χ2v) is 6.45. The zero-order valence-corrected chi connectivity index (χ0v) is 14.5. The summed E-state index contributed by atoms with van der Waals surface area (Å²) in [4.78, 5) is 16.3. The number of carbonyl (C=O) groups excluding carboxylic acids is 1. The molecule has 1 aromatic carbocycles. The topological polar surface area (TPSA) is 47.6 Å². The van der Waals surface area contributed by atoms with Gasteiger partial charge in [0.2, 0.25) is 5.91 Å². The maximum atomic E-state index is 11.8. The molecule has 0 radical (unpaired) electrons. The first-order chi connectivity index (χ1) is 11.1. The number of nitrogens with zero attached hydrogens (tertiary/aromatic N) is 2. The molecule has 0 saturated carbocycles. The van der Waals surface area contributed by atoms with Crippen LogP contribution in [0.25, 0.3) is 0 Å². The van der Waals surface area contributed by atoms with E-state index < -0.39 is 0 Å². The van der Waals surface area contributed by atoms with Crippen LogP contribution in [0.15, 0.2) is 24.3 Å². The van der Waals surface area contributed by atoms with Gasteiger partial charge in [-0.3, -0.25) is 4.79 Å². The minimum atomic E-state index is 0.0452. The van der Waals surface area contributed by atoms with Crippen molar-refractivity contribution in [3.05, 3.63) is 24.3 Å². The van der Waals surface area contributed by atoms with Crippen LogP contribution < -0.4 is 15.5 Å². The number of benzene rings is 1. The van der Waals surface area contributed by atoms with Crippen LogP contribution in [0.2, 0.25) is 0 Å². The van der Waals surface area contributed by atoms with E-state index in [1.54, 1.807) is 0 Å². The molecule has 0 aromatic heterocycles. The van der Waals surface area contributed by atoms with Gasteiger partial charge >= 0.3 is 0 Å². The second-order valence-electron chi connectivity index (χ2n) is 6.45. The zero-order chi connectivity index (χ0) is 16.5. The van der Waals surface area contributed by atoms with Gasteiger partial charge in [0.05, 0.1) is 6.54 Å². The van der Waals surface area contributed by atoms with Crippen molar-refractivity contribution in [2.24, 2.45) is 0 Å². The number of carbonyl (C=O) groups is 1. The Kier molecular flexibility index (Phi) is 7.20. The van der Waals surface area contributed by atoms with Crippen LogP contribution in [-0.4, -0.2) is 57.6 Å². The van der Waals surface area contributed by atoms with E-state index in [1.807, 2.05) is 14.1 Å². The maximum Gasteiger partial charge on any atom is 0.239 e. The van der Waals surface area contributed by atoms with Crippen LogP contribution in [-0.2, 0) is 4.79 Å². The van der Waals surface area contributed by atoms with Crippen molar-refractivity contribution in [2.75, 3.05) is 57.0 Å². The van der Waals surface area contributed by atoms with Crippen molar-refractivity contribution in [1.82, 2.24) is 10.2 Å². The van der Waals surface area contributed by atoms with Gasteiger partial charge in [0.1, 0.15) is 0 Å². The van der Waals surface area contributed by atoms with Crippen molar-refractivity contribution >= 4 is 17.3 Å². The van der Waals surface area contributed by atoms with Gasteiger partial charge in [-0.05, 0) is 70.6 Å². The molecule has 5 nitrogen and oxygen atoms in total. The summed E-state index contributed by atoms with van der Waals surface area (Å²) in [5, 5.41) is 6.12. The zero-order valence-electron chi connectivity index (χ0n) is 14.5. The highest BCUT2D eigenvalue weighted by Gasteiger charge is 2.10. The molecule has 5 heteroatoms. The number of amides is 1. The van der Waals surface area contributed by atoms with Gasteiger partial charge < -0.3 is 20.4 Å². The molecule has 2 rings (SSSR count). The Labute approximate surface area is 140 Å². The molecule has 128 valence electrons. The number of hydrogen-bond acceptors (Lipinski definition) is 4. The molecule has 1 aliphatic heterocycles. The summed E-state index contributed by atoms with van der Waals surface area (Å²) in [6.07, 6.45) is 4.89. The van der Waals surface area contributed by atoms with Crippen molar-refractivity contribution in [3.8, 4) is 0 Å². The molecule has 1 amide bonds. The summed E-state index contributed by atoms with van der Waals surface area (Å²) >= 11 is 0. The third kappa shape index (κ3) is 6.48. The lowest BCUT2D eigenvalue weighted by Gasteiger charge is -2.28. The number of anilines is 2. The smallest absolute Gasteiger partial charge is 0.239 e. The van der Waals surface area contributed by atoms with Gasteiger partial charge in [-0.1, -0.05) is 0 Å². The Balaban J connectivity index is 1.68. The van der Waals surface area contributed by atoms with Crippen LogP contribution in [0.1, 0.15) is 25.7 Å². The molecule has 1 aromatic rings. The molecule has 0 spiro atoms. The summed E-state index contributed by atoms with van der Waals surface area (Å²) in [7, 11) is 4.08. The summed E-state index contributed by atoms with van der Waals surface area (Å²) in [5.41, 5.74) is 2.28. The van der Waals surface area contributed by atoms with Gasteiger partial charge in [0.15, 0.2) is 0 Å². The number of rotatable bonds is 8. The molecule has 23 heavy (non-hydrogen) atoms. The fourth-order valence-electron chi connectivity index (χ4n) is 2.81. The highest BCUT2D eigenvalue weighted by atomic mass is 16.1. The predicted molar refractivity (Wildman–Crippen MR) is 97.2 cm³/mol. The Bertz CT molecular complexity index is 466. The fraction of sp³-hybridized carbons (Fsp3) is 0.611. The van der Waals surface area contributed by atoms with Gasteiger partial charge in [-0.25, -0.2) is 0 Å². The summed E-state index contributed by atoms with van der Waals surface area (Å²) < 4.78 is 0. The lowest BCUT2D eigenvalue weighted by atomic mass is 10.1.